The molecule has 0 spiro atoms. The highest BCUT2D eigenvalue weighted by Crippen LogP contribution is 2.18. The zero-order chi connectivity index (χ0) is 11.4. The van der Waals surface area contributed by atoms with Gasteiger partial charge in [-0.25, -0.2) is 0 Å². The van der Waals surface area contributed by atoms with Crippen LogP contribution in [0.15, 0.2) is 0 Å². The Morgan fingerprint density at radius 1 is 1.60 bits per heavy atom. The molecule has 0 aromatic carbocycles. The molecule has 6 nitrogen and oxygen atoms in total. The molecule has 0 radical (unpaired) electrons. The van der Waals surface area contributed by atoms with E-state index < -0.39 is 18.1 Å². The molecule has 0 aromatic heterocycles. The van der Waals surface area contributed by atoms with Gasteiger partial charge >= 0.3 is 0 Å². The van der Waals surface area contributed by atoms with Crippen LogP contribution < -0.4 is 11.5 Å². The van der Waals surface area contributed by atoms with E-state index in [1.807, 2.05) is 0 Å². The molecule has 1 heterocycles. The molecule has 0 aliphatic carbocycles. The van der Waals surface area contributed by atoms with Gasteiger partial charge in [-0.2, -0.15) is 0 Å². The summed E-state index contributed by atoms with van der Waals surface area (Å²) in [5.41, 5.74) is 10.6. The quantitative estimate of drug-likeness (QED) is 0.592. The maximum absolute atomic E-state index is 11.8. The van der Waals surface area contributed by atoms with Crippen molar-refractivity contribution in [2.75, 3.05) is 20.2 Å². The van der Waals surface area contributed by atoms with E-state index in [1.54, 1.807) is 0 Å². The lowest BCUT2D eigenvalue weighted by molar-refractivity contribution is -0.145. The Balaban J connectivity index is 2.69. The lowest BCUT2D eigenvalue weighted by atomic mass is 10.2. The number of ether oxygens (including phenoxy) is 1. The van der Waals surface area contributed by atoms with Crippen LogP contribution in [-0.4, -0.2) is 49.1 Å². The third kappa shape index (κ3) is 2.45. The minimum atomic E-state index is -0.676. The van der Waals surface area contributed by atoms with Crippen LogP contribution in [-0.2, 0) is 14.3 Å². The van der Waals surface area contributed by atoms with Gasteiger partial charge in [-0.1, -0.05) is 0 Å². The first-order valence-electron chi connectivity index (χ1n) is 4.94. The van der Waals surface area contributed by atoms with Crippen molar-refractivity contribution in [3.05, 3.63) is 0 Å². The number of hydrogen-bond donors (Lipinski definition) is 2. The van der Waals surface area contributed by atoms with Crippen molar-refractivity contribution in [2.45, 2.75) is 25.0 Å². The average Bonchev–Trinajstić information content (AvgIpc) is 2.67. The summed E-state index contributed by atoms with van der Waals surface area (Å²) < 4.78 is 4.93. The summed E-state index contributed by atoms with van der Waals surface area (Å²) in [6.45, 7) is 0.656. The Labute approximate surface area is 88.5 Å². The van der Waals surface area contributed by atoms with E-state index in [-0.39, 0.29) is 12.5 Å². The number of nitrogens with zero attached hydrogens (tertiary/aromatic N) is 1. The summed E-state index contributed by atoms with van der Waals surface area (Å²) in [5.74, 6) is -0.714. The minimum absolute atomic E-state index is 0.108. The number of methoxy groups -OCH3 is 1. The molecule has 0 saturated carbocycles. The van der Waals surface area contributed by atoms with Crippen molar-refractivity contribution in [1.29, 1.82) is 0 Å². The van der Waals surface area contributed by atoms with E-state index in [9.17, 15) is 9.59 Å². The standard InChI is InChI=1S/C9H17N3O3/c1-15-7(5-10)9(14)12-4-2-3-6(12)8(11)13/h6-7H,2-5,10H2,1H3,(H2,11,13). The Kier molecular flexibility index (Phi) is 4.05. The van der Waals surface area contributed by atoms with Crippen LogP contribution in [0.3, 0.4) is 0 Å². The monoisotopic (exact) mass is 215 g/mol. The highest BCUT2D eigenvalue weighted by molar-refractivity contribution is 5.89. The Morgan fingerprint density at radius 3 is 2.73 bits per heavy atom. The number of carbonyl (C=O) groups is 2. The zero-order valence-corrected chi connectivity index (χ0v) is 8.81. The summed E-state index contributed by atoms with van der Waals surface area (Å²) in [5, 5.41) is 0. The van der Waals surface area contributed by atoms with Gasteiger partial charge in [0.1, 0.15) is 12.1 Å². The lowest BCUT2D eigenvalue weighted by Gasteiger charge is -2.25. The highest BCUT2D eigenvalue weighted by Gasteiger charge is 2.35. The van der Waals surface area contributed by atoms with Crippen LogP contribution in [0.5, 0.6) is 0 Å². The molecular formula is C9H17N3O3. The summed E-state index contributed by atoms with van der Waals surface area (Å²) in [6, 6.07) is -0.498. The number of nitrogens with two attached hydrogens (primary N) is 2. The molecule has 1 saturated heterocycles. The first-order valence-corrected chi connectivity index (χ1v) is 4.94. The van der Waals surface area contributed by atoms with E-state index in [0.29, 0.717) is 13.0 Å². The van der Waals surface area contributed by atoms with Crippen LogP contribution in [0.25, 0.3) is 0 Å². The van der Waals surface area contributed by atoms with Crippen molar-refractivity contribution < 1.29 is 14.3 Å². The number of carbonyl (C=O) groups excluding carboxylic acids is 2. The third-order valence-electron chi connectivity index (χ3n) is 2.64. The summed E-state index contributed by atoms with van der Waals surface area (Å²) >= 11 is 0. The molecule has 1 aliphatic rings. The molecular weight excluding hydrogens is 198 g/mol. The van der Waals surface area contributed by atoms with Gasteiger partial charge in [0.25, 0.3) is 5.91 Å². The van der Waals surface area contributed by atoms with E-state index >= 15 is 0 Å². The average molecular weight is 215 g/mol. The van der Waals surface area contributed by atoms with Crippen molar-refractivity contribution in [2.24, 2.45) is 11.5 Å². The largest absolute Gasteiger partial charge is 0.370 e. The predicted octanol–water partition coefficient (Wildman–Crippen LogP) is -1.56. The molecule has 2 amide bonds. The molecule has 0 bridgehead atoms. The summed E-state index contributed by atoms with van der Waals surface area (Å²) in [6.07, 6.45) is 0.743. The van der Waals surface area contributed by atoms with Crippen molar-refractivity contribution >= 4 is 11.8 Å². The number of amides is 2. The molecule has 86 valence electrons. The fourth-order valence-corrected chi connectivity index (χ4v) is 1.81. The molecule has 6 heteroatoms. The Bertz CT molecular complexity index is 253. The fraction of sp³-hybridized carbons (Fsp3) is 0.778. The second-order valence-corrected chi connectivity index (χ2v) is 3.55. The number of likely N-dealkylation sites (tertiary alicyclic amines) is 1. The van der Waals surface area contributed by atoms with Gasteiger partial charge in [-0.3, -0.25) is 9.59 Å². The van der Waals surface area contributed by atoms with E-state index in [2.05, 4.69) is 0 Å². The second-order valence-electron chi connectivity index (χ2n) is 3.55. The van der Waals surface area contributed by atoms with Crippen molar-refractivity contribution in [1.82, 2.24) is 4.90 Å². The number of rotatable bonds is 4. The summed E-state index contributed by atoms with van der Waals surface area (Å²) in [7, 11) is 1.42. The molecule has 1 rings (SSSR count). The molecule has 15 heavy (non-hydrogen) atoms. The van der Waals surface area contributed by atoms with E-state index in [4.69, 9.17) is 16.2 Å². The molecule has 2 unspecified atom stereocenters. The van der Waals surface area contributed by atoms with Gasteiger partial charge in [0.2, 0.25) is 5.91 Å². The third-order valence-corrected chi connectivity index (χ3v) is 2.64. The van der Waals surface area contributed by atoms with Gasteiger partial charge in [0, 0.05) is 20.2 Å². The molecule has 1 aliphatic heterocycles. The van der Waals surface area contributed by atoms with Crippen LogP contribution >= 0.6 is 0 Å². The van der Waals surface area contributed by atoms with Crippen molar-refractivity contribution in [3.8, 4) is 0 Å². The molecule has 0 aromatic rings. The zero-order valence-electron chi connectivity index (χ0n) is 8.81. The number of hydrogen-bond acceptors (Lipinski definition) is 4. The topological polar surface area (TPSA) is 98.7 Å². The van der Waals surface area contributed by atoms with E-state index in [0.717, 1.165) is 6.42 Å². The van der Waals surface area contributed by atoms with Crippen LogP contribution in [0, 0.1) is 0 Å². The first kappa shape index (κ1) is 11.9. The fourth-order valence-electron chi connectivity index (χ4n) is 1.81. The lowest BCUT2D eigenvalue weighted by Crippen LogP contribution is -2.49. The van der Waals surface area contributed by atoms with Crippen molar-refractivity contribution in [3.63, 3.8) is 0 Å². The minimum Gasteiger partial charge on any atom is -0.370 e. The first-order chi connectivity index (χ1) is 7.11. The van der Waals surface area contributed by atoms with Gasteiger partial charge in [0.05, 0.1) is 0 Å². The van der Waals surface area contributed by atoms with Crippen LogP contribution in [0.1, 0.15) is 12.8 Å². The SMILES string of the molecule is COC(CN)C(=O)N1CCCC1C(N)=O. The maximum atomic E-state index is 11.8. The Morgan fingerprint density at radius 2 is 2.27 bits per heavy atom. The Hall–Kier alpha value is -1.14. The molecule has 4 N–H and O–H groups in total. The van der Waals surface area contributed by atoms with E-state index in [1.165, 1.54) is 12.0 Å². The normalized spacial score (nSPS) is 22.8. The smallest absolute Gasteiger partial charge is 0.253 e. The van der Waals surface area contributed by atoms with Gasteiger partial charge in [-0.15, -0.1) is 0 Å². The second kappa shape index (κ2) is 5.09. The predicted molar refractivity (Wildman–Crippen MR) is 53.8 cm³/mol. The van der Waals surface area contributed by atoms with Gasteiger partial charge in [0.15, 0.2) is 0 Å². The van der Waals surface area contributed by atoms with Crippen LogP contribution in [0.4, 0.5) is 0 Å². The van der Waals surface area contributed by atoms with Gasteiger partial charge in [-0.05, 0) is 12.8 Å². The molecule has 1 fully saturated rings. The molecule has 2 atom stereocenters. The number of primary amides is 1. The highest BCUT2D eigenvalue weighted by atomic mass is 16.5. The van der Waals surface area contributed by atoms with Crippen LogP contribution in [0.2, 0.25) is 0 Å². The summed E-state index contributed by atoms with van der Waals surface area (Å²) in [4.78, 5) is 24.4. The maximum Gasteiger partial charge on any atom is 0.253 e. The van der Waals surface area contributed by atoms with Gasteiger partial charge < -0.3 is 21.1 Å².